The summed E-state index contributed by atoms with van der Waals surface area (Å²) in [6.45, 7) is 5.24. The summed E-state index contributed by atoms with van der Waals surface area (Å²) in [4.78, 5) is 23.4. The first-order valence-electron chi connectivity index (χ1n) is 8.54. The van der Waals surface area contributed by atoms with E-state index in [1.165, 1.54) is 6.92 Å². The standard InChI is InChI=1S/C20H21ClN2O4/c1-12(24)22-16-9-14(7-8-15(16)21)23-18(25)11-26-17-6-4-5-13-10-20(2,3)27-19(13)17/h4-9H,10-11H2,1-3H3,(H,22,24)(H,23,25). The van der Waals surface area contributed by atoms with E-state index < -0.39 is 0 Å². The van der Waals surface area contributed by atoms with Crippen molar-refractivity contribution < 1.29 is 19.1 Å². The Morgan fingerprint density at radius 1 is 1.22 bits per heavy atom. The summed E-state index contributed by atoms with van der Waals surface area (Å²) in [5.74, 6) is 0.656. The second-order valence-corrected chi connectivity index (χ2v) is 7.40. The number of fused-ring (bicyclic) bond motifs is 1. The van der Waals surface area contributed by atoms with Crippen molar-refractivity contribution in [2.24, 2.45) is 0 Å². The zero-order valence-corrected chi connectivity index (χ0v) is 16.1. The Balaban J connectivity index is 1.63. The molecule has 0 saturated carbocycles. The van der Waals surface area contributed by atoms with Crippen LogP contribution in [-0.2, 0) is 16.0 Å². The number of halogens is 1. The van der Waals surface area contributed by atoms with Crippen LogP contribution in [0.3, 0.4) is 0 Å². The van der Waals surface area contributed by atoms with Crippen molar-refractivity contribution in [3.63, 3.8) is 0 Å². The van der Waals surface area contributed by atoms with Crippen LogP contribution in [0.15, 0.2) is 36.4 Å². The van der Waals surface area contributed by atoms with Gasteiger partial charge in [-0.15, -0.1) is 0 Å². The quantitative estimate of drug-likeness (QED) is 0.810. The summed E-state index contributed by atoms with van der Waals surface area (Å²) in [7, 11) is 0. The number of anilines is 2. The molecule has 2 aromatic rings. The average Bonchev–Trinajstić information content (AvgIpc) is 2.90. The summed E-state index contributed by atoms with van der Waals surface area (Å²) in [6.07, 6.45) is 0.794. The van der Waals surface area contributed by atoms with Crippen LogP contribution < -0.4 is 20.1 Å². The van der Waals surface area contributed by atoms with E-state index in [9.17, 15) is 9.59 Å². The minimum atomic E-state index is -0.332. The summed E-state index contributed by atoms with van der Waals surface area (Å²) in [5, 5.41) is 5.72. The molecule has 0 bridgehead atoms. The van der Waals surface area contributed by atoms with Crippen molar-refractivity contribution in [1.29, 1.82) is 0 Å². The highest BCUT2D eigenvalue weighted by Crippen LogP contribution is 2.41. The highest BCUT2D eigenvalue weighted by atomic mass is 35.5. The first kappa shape index (κ1) is 19.0. The van der Waals surface area contributed by atoms with Crippen LogP contribution in [0.4, 0.5) is 11.4 Å². The number of para-hydroxylation sites is 1. The molecule has 0 fully saturated rings. The Bertz CT molecular complexity index is 896. The summed E-state index contributed by atoms with van der Waals surface area (Å²) >= 11 is 6.03. The van der Waals surface area contributed by atoms with Crippen molar-refractivity contribution in [2.75, 3.05) is 17.2 Å². The Hall–Kier alpha value is -2.73. The molecule has 0 aromatic heterocycles. The van der Waals surface area contributed by atoms with E-state index in [2.05, 4.69) is 10.6 Å². The fraction of sp³-hybridized carbons (Fsp3) is 0.300. The third-order valence-corrected chi connectivity index (χ3v) is 4.30. The lowest BCUT2D eigenvalue weighted by Crippen LogP contribution is -2.25. The molecule has 0 spiro atoms. The summed E-state index contributed by atoms with van der Waals surface area (Å²) in [6, 6.07) is 10.5. The topological polar surface area (TPSA) is 76.7 Å². The molecular formula is C20H21ClN2O4. The number of hydrogen-bond donors (Lipinski definition) is 2. The molecule has 0 atom stereocenters. The molecule has 2 amide bonds. The van der Waals surface area contributed by atoms with E-state index in [1.807, 2.05) is 26.0 Å². The van der Waals surface area contributed by atoms with Crippen molar-refractivity contribution in [2.45, 2.75) is 32.8 Å². The van der Waals surface area contributed by atoms with E-state index in [4.69, 9.17) is 21.1 Å². The van der Waals surface area contributed by atoms with Gasteiger partial charge in [0.25, 0.3) is 5.91 Å². The number of carbonyl (C=O) groups is 2. The molecular weight excluding hydrogens is 368 g/mol. The summed E-state index contributed by atoms with van der Waals surface area (Å²) < 4.78 is 11.6. The van der Waals surface area contributed by atoms with Crippen molar-refractivity contribution in [1.82, 2.24) is 0 Å². The molecule has 0 aliphatic carbocycles. The fourth-order valence-corrected chi connectivity index (χ4v) is 3.09. The number of rotatable bonds is 5. The van der Waals surface area contributed by atoms with Gasteiger partial charge < -0.3 is 20.1 Å². The van der Waals surface area contributed by atoms with E-state index in [-0.39, 0.29) is 24.0 Å². The molecule has 3 rings (SSSR count). The number of ether oxygens (including phenoxy) is 2. The van der Waals surface area contributed by atoms with Crippen LogP contribution in [0.1, 0.15) is 26.3 Å². The van der Waals surface area contributed by atoms with Crippen LogP contribution in [0.5, 0.6) is 11.5 Å². The van der Waals surface area contributed by atoms with Gasteiger partial charge in [-0.3, -0.25) is 9.59 Å². The molecule has 0 saturated heterocycles. The molecule has 6 nitrogen and oxygen atoms in total. The lowest BCUT2D eigenvalue weighted by Gasteiger charge is -2.18. The van der Waals surface area contributed by atoms with Gasteiger partial charge in [-0.2, -0.15) is 0 Å². The van der Waals surface area contributed by atoms with Gasteiger partial charge in [-0.1, -0.05) is 23.7 Å². The lowest BCUT2D eigenvalue weighted by molar-refractivity contribution is -0.118. The zero-order chi connectivity index (χ0) is 19.6. The van der Waals surface area contributed by atoms with Crippen LogP contribution in [0.25, 0.3) is 0 Å². The lowest BCUT2D eigenvalue weighted by atomic mass is 10.0. The minimum Gasteiger partial charge on any atom is -0.483 e. The molecule has 2 aromatic carbocycles. The largest absolute Gasteiger partial charge is 0.483 e. The van der Waals surface area contributed by atoms with E-state index in [1.54, 1.807) is 24.3 Å². The minimum absolute atomic E-state index is 0.168. The van der Waals surface area contributed by atoms with Gasteiger partial charge in [0, 0.05) is 24.6 Å². The molecule has 7 heteroatoms. The Morgan fingerprint density at radius 3 is 2.74 bits per heavy atom. The van der Waals surface area contributed by atoms with Gasteiger partial charge >= 0.3 is 0 Å². The van der Waals surface area contributed by atoms with Gasteiger partial charge in [0.05, 0.1) is 10.7 Å². The number of carbonyl (C=O) groups excluding carboxylic acids is 2. The molecule has 1 aliphatic rings. The molecule has 0 radical (unpaired) electrons. The molecule has 1 heterocycles. The number of nitrogens with one attached hydrogen (secondary N) is 2. The first-order chi connectivity index (χ1) is 12.7. The van der Waals surface area contributed by atoms with Gasteiger partial charge in [-0.25, -0.2) is 0 Å². The van der Waals surface area contributed by atoms with E-state index in [0.29, 0.717) is 27.9 Å². The second kappa shape index (κ2) is 7.48. The van der Waals surface area contributed by atoms with Crippen LogP contribution in [0.2, 0.25) is 5.02 Å². The monoisotopic (exact) mass is 388 g/mol. The Morgan fingerprint density at radius 2 is 2.00 bits per heavy atom. The Labute approximate surface area is 162 Å². The van der Waals surface area contributed by atoms with Gasteiger partial charge in [0.1, 0.15) is 5.60 Å². The normalized spacial score (nSPS) is 14.1. The maximum atomic E-state index is 12.2. The molecule has 0 unspecified atom stereocenters. The molecule has 27 heavy (non-hydrogen) atoms. The van der Waals surface area contributed by atoms with Gasteiger partial charge in [0.2, 0.25) is 5.91 Å². The van der Waals surface area contributed by atoms with Crippen LogP contribution in [-0.4, -0.2) is 24.0 Å². The van der Waals surface area contributed by atoms with Crippen molar-refractivity contribution >= 4 is 34.8 Å². The average molecular weight is 389 g/mol. The Kier molecular flexibility index (Phi) is 5.28. The van der Waals surface area contributed by atoms with E-state index in [0.717, 1.165) is 12.0 Å². The number of benzene rings is 2. The van der Waals surface area contributed by atoms with Gasteiger partial charge in [-0.05, 0) is 38.1 Å². The van der Waals surface area contributed by atoms with Crippen LogP contribution in [0, 0.1) is 0 Å². The highest BCUT2D eigenvalue weighted by molar-refractivity contribution is 6.33. The van der Waals surface area contributed by atoms with Crippen molar-refractivity contribution in [3.8, 4) is 11.5 Å². The van der Waals surface area contributed by atoms with E-state index >= 15 is 0 Å². The van der Waals surface area contributed by atoms with Gasteiger partial charge in [0.15, 0.2) is 18.1 Å². The predicted molar refractivity (Wildman–Crippen MR) is 105 cm³/mol. The molecule has 1 aliphatic heterocycles. The zero-order valence-electron chi connectivity index (χ0n) is 15.4. The van der Waals surface area contributed by atoms with Crippen LogP contribution >= 0.6 is 11.6 Å². The highest BCUT2D eigenvalue weighted by Gasteiger charge is 2.32. The second-order valence-electron chi connectivity index (χ2n) is 7.00. The maximum Gasteiger partial charge on any atom is 0.262 e. The number of amides is 2. The summed E-state index contributed by atoms with van der Waals surface area (Å²) in [5.41, 5.74) is 1.72. The molecule has 142 valence electrons. The smallest absolute Gasteiger partial charge is 0.262 e. The SMILES string of the molecule is CC(=O)Nc1cc(NC(=O)COc2cccc3c2OC(C)(C)C3)ccc1Cl. The predicted octanol–water partition coefficient (Wildman–Crippen LogP) is 4.03. The van der Waals surface area contributed by atoms with Crippen molar-refractivity contribution in [3.05, 3.63) is 47.0 Å². The third-order valence-electron chi connectivity index (χ3n) is 3.97. The molecule has 2 N–H and O–H groups in total. The number of hydrogen-bond acceptors (Lipinski definition) is 4. The maximum absolute atomic E-state index is 12.2. The first-order valence-corrected chi connectivity index (χ1v) is 8.92. The third kappa shape index (κ3) is 4.71. The fourth-order valence-electron chi connectivity index (χ4n) is 2.93.